The molecule has 0 amide bonds. The number of pyridine rings is 2. The van der Waals surface area contributed by atoms with Crippen LogP contribution in [0.15, 0.2) is 58.8 Å². The van der Waals surface area contributed by atoms with Crippen molar-refractivity contribution in [1.29, 1.82) is 0 Å². The Morgan fingerprint density at radius 1 is 1.18 bits per heavy atom. The number of nitrogens with one attached hydrogen (secondary N) is 2. The smallest absolute Gasteiger partial charge is 0.279 e. The number of sulfonamides is 1. The Labute approximate surface area is 189 Å². The maximum absolute atomic E-state index is 14.8. The fraction of sp³-hybridized carbons (Fsp3) is 0.182. The molecule has 5 rings (SSSR count). The third-order valence-corrected chi connectivity index (χ3v) is 6.73. The molecule has 0 saturated heterocycles. The van der Waals surface area contributed by atoms with E-state index in [9.17, 15) is 12.8 Å². The van der Waals surface area contributed by atoms with E-state index in [1.165, 1.54) is 24.4 Å². The van der Waals surface area contributed by atoms with Gasteiger partial charge in [0.25, 0.3) is 10.0 Å². The summed E-state index contributed by atoms with van der Waals surface area (Å²) >= 11 is 0. The lowest BCUT2D eigenvalue weighted by Gasteiger charge is -2.19. The van der Waals surface area contributed by atoms with E-state index < -0.39 is 15.8 Å². The second-order valence-corrected chi connectivity index (χ2v) is 9.21. The van der Waals surface area contributed by atoms with Crippen LogP contribution >= 0.6 is 0 Å². The van der Waals surface area contributed by atoms with Crippen molar-refractivity contribution >= 4 is 21.5 Å². The van der Waals surface area contributed by atoms with Crippen molar-refractivity contribution in [3.63, 3.8) is 0 Å². The fourth-order valence-corrected chi connectivity index (χ4v) is 4.93. The number of halogens is 1. The molecule has 3 aliphatic rings. The Kier molecular flexibility index (Phi) is 5.05. The Balaban J connectivity index is 1.66. The average Bonchev–Trinajstić information content (AvgIpc) is 3.31. The summed E-state index contributed by atoms with van der Waals surface area (Å²) in [7, 11) is -2.42. The third kappa shape index (κ3) is 3.69. The second-order valence-electron chi connectivity index (χ2n) is 7.58. The van der Waals surface area contributed by atoms with Crippen LogP contribution in [0.25, 0.3) is 22.5 Å². The first kappa shape index (κ1) is 21.0. The summed E-state index contributed by atoms with van der Waals surface area (Å²) in [5.41, 5.74) is 3.16. The molecule has 1 aromatic carbocycles. The molecule has 4 heterocycles. The highest BCUT2D eigenvalue weighted by atomic mass is 32.2. The van der Waals surface area contributed by atoms with E-state index in [1.807, 2.05) is 10.6 Å². The molecular formula is C22H20FN7O2S. The standard InChI is InChI=1S/C22H20FN7O2S/c1-13-9-17(23)18(29-33(31,32)19-5-3-4-6-25-19)11-15(13)16-10-14-12-27-22(24-2)28-20(14)30-8-7-26-21(16)30/h3-6,9-12,26,29H,7-8H2,1-2H3. The summed E-state index contributed by atoms with van der Waals surface area (Å²) < 4.78 is 44.6. The quantitative estimate of drug-likeness (QED) is 0.479. The number of aromatic nitrogens is 4. The predicted molar refractivity (Wildman–Crippen MR) is 122 cm³/mol. The fourth-order valence-electron chi connectivity index (χ4n) is 3.92. The van der Waals surface area contributed by atoms with Gasteiger partial charge in [0.15, 0.2) is 5.03 Å². The molecule has 0 spiro atoms. The number of aryl methyl sites for hydroxylation is 1. The van der Waals surface area contributed by atoms with Gasteiger partial charge in [-0.1, -0.05) is 6.07 Å². The van der Waals surface area contributed by atoms with Crippen molar-refractivity contribution in [2.75, 3.05) is 23.6 Å². The van der Waals surface area contributed by atoms with Crippen molar-refractivity contribution in [1.82, 2.24) is 19.5 Å². The number of anilines is 2. The summed E-state index contributed by atoms with van der Waals surface area (Å²) in [6, 6.07) is 9.25. The van der Waals surface area contributed by atoms with Crippen molar-refractivity contribution in [2.24, 2.45) is 4.99 Å². The zero-order chi connectivity index (χ0) is 23.2. The van der Waals surface area contributed by atoms with Crippen LogP contribution in [0.1, 0.15) is 5.56 Å². The number of nitrogens with zero attached hydrogens (tertiary/aromatic N) is 5. The first-order valence-corrected chi connectivity index (χ1v) is 11.7. The number of fused-ring (bicyclic) bond motifs is 3. The van der Waals surface area contributed by atoms with Gasteiger partial charge in [-0.25, -0.2) is 14.4 Å². The van der Waals surface area contributed by atoms with Gasteiger partial charge in [-0.05, 0) is 48.4 Å². The van der Waals surface area contributed by atoms with Crippen LogP contribution in [0.5, 0.6) is 0 Å². The highest BCUT2D eigenvalue weighted by molar-refractivity contribution is 7.92. The van der Waals surface area contributed by atoms with E-state index in [4.69, 9.17) is 0 Å². The number of rotatable bonds is 4. The van der Waals surface area contributed by atoms with Crippen LogP contribution in [0.4, 0.5) is 15.9 Å². The van der Waals surface area contributed by atoms with E-state index in [1.54, 1.807) is 32.3 Å². The zero-order valence-electron chi connectivity index (χ0n) is 17.9. The van der Waals surface area contributed by atoms with Gasteiger partial charge in [-0.3, -0.25) is 9.71 Å². The Bertz CT molecular complexity index is 1520. The van der Waals surface area contributed by atoms with E-state index in [-0.39, 0.29) is 10.7 Å². The monoisotopic (exact) mass is 465 g/mol. The van der Waals surface area contributed by atoms with Crippen molar-refractivity contribution in [3.8, 4) is 22.5 Å². The summed E-state index contributed by atoms with van der Waals surface area (Å²) in [6.07, 6.45) is 3.06. The highest BCUT2D eigenvalue weighted by Gasteiger charge is 2.24. The van der Waals surface area contributed by atoms with Crippen LogP contribution in [0.2, 0.25) is 0 Å². The molecule has 33 heavy (non-hydrogen) atoms. The van der Waals surface area contributed by atoms with Crippen LogP contribution in [-0.2, 0) is 16.6 Å². The third-order valence-electron chi connectivity index (χ3n) is 5.45. The molecule has 0 radical (unpaired) electrons. The summed E-state index contributed by atoms with van der Waals surface area (Å²) in [5.74, 6) is 0.882. The molecule has 3 aliphatic heterocycles. The molecule has 168 valence electrons. The van der Waals surface area contributed by atoms with Gasteiger partial charge in [0, 0.05) is 43.7 Å². The normalized spacial score (nSPS) is 13.7. The second kappa shape index (κ2) is 7.93. The van der Waals surface area contributed by atoms with Crippen LogP contribution in [0.3, 0.4) is 0 Å². The van der Waals surface area contributed by atoms with Gasteiger partial charge >= 0.3 is 0 Å². The molecule has 1 aromatic heterocycles. The van der Waals surface area contributed by atoms with Gasteiger partial charge in [-0.15, -0.1) is 0 Å². The largest absolute Gasteiger partial charge is 0.369 e. The molecule has 2 N–H and O–H groups in total. The van der Waals surface area contributed by atoms with Gasteiger partial charge < -0.3 is 9.88 Å². The first-order chi connectivity index (χ1) is 15.9. The van der Waals surface area contributed by atoms with Gasteiger partial charge in [-0.2, -0.15) is 13.4 Å². The lowest BCUT2D eigenvalue weighted by Crippen LogP contribution is -2.17. The SMILES string of the molecule is CN=c1ncc2cc(-c3cc(NS(=O)(=O)c4ccccn4)c(F)cc3C)c3n(c-2n1)CCN3. The number of benzene rings is 1. The van der Waals surface area contributed by atoms with Gasteiger partial charge in [0.1, 0.15) is 17.5 Å². The Morgan fingerprint density at radius 2 is 2.03 bits per heavy atom. The number of hydrogen-bond donors (Lipinski definition) is 2. The Morgan fingerprint density at radius 3 is 2.79 bits per heavy atom. The highest BCUT2D eigenvalue weighted by Crippen LogP contribution is 2.39. The van der Waals surface area contributed by atoms with Gasteiger partial charge in [0.05, 0.1) is 5.69 Å². The van der Waals surface area contributed by atoms with Crippen molar-refractivity contribution < 1.29 is 12.8 Å². The van der Waals surface area contributed by atoms with Crippen LogP contribution < -0.4 is 15.7 Å². The molecular weight excluding hydrogens is 445 g/mol. The minimum absolute atomic E-state index is 0.158. The van der Waals surface area contributed by atoms with Crippen molar-refractivity contribution in [3.05, 3.63) is 65.8 Å². The van der Waals surface area contributed by atoms with Crippen LogP contribution in [-0.4, -0.2) is 41.5 Å². The van der Waals surface area contributed by atoms with E-state index in [0.29, 0.717) is 29.8 Å². The minimum atomic E-state index is -4.05. The maximum Gasteiger partial charge on any atom is 0.279 e. The van der Waals surface area contributed by atoms with E-state index in [0.717, 1.165) is 22.8 Å². The topological polar surface area (TPSA) is 114 Å². The molecule has 2 aromatic rings. The van der Waals surface area contributed by atoms with E-state index in [2.05, 4.69) is 30.0 Å². The molecule has 0 aliphatic carbocycles. The van der Waals surface area contributed by atoms with Gasteiger partial charge in [0.2, 0.25) is 5.62 Å². The maximum atomic E-state index is 14.8. The zero-order valence-corrected chi connectivity index (χ0v) is 18.7. The summed E-state index contributed by atoms with van der Waals surface area (Å²) in [6.45, 7) is 3.18. The molecule has 9 nitrogen and oxygen atoms in total. The average molecular weight is 466 g/mol. The molecule has 0 saturated carbocycles. The van der Waals surface area contributed by atoms with Crippen LogP contribution in [0, 0.1) is 12.7 Å². The Hall–Kier alpha value is -3.86. The molecule has 0 fully saturated rings. The lowest BCUT2D eigenvalue weighted by atomic mass is 9.98. The first-order valence-electron chi connectivity index (χ1n) is 10.2. The molecule has 0 unspecified atom stereocenters. The lowest BCUT2D eigenvalue weighted by molar-refractivity contribution is 0.595. The molecule has 0 bridgehead atoms. The predicted octanol–water partition coefficient (Wildman–Crippen LogP) is 2.65. The summed E-state index contributed by atoms with van der Waals surface area (Å²) in [4.78, 5) is 16.7. The molecule has 0 atom stereocenters. The minimum Gasteiger partial charge on any atom is -0.369 e. The van der Waals surface area contributed by atoms with Crippen molar-refractivity contribution in [2.45, 2.75) is 18.5 Å². The number of hydrogen-bond acceptors (Lipinski definition) is 7. The molecule has 11 heteroatoms. The van der Waals surface area contributed by atoms with E-state index >= 15 is 0 Å². The summed E-state index contributed by atoms with van der Waals surface area (Å²) in [5, 5.41) is 3.17.